The number of oxazole rings is 2. The Bertz CT molecular complexity index is 919. The monoisotopic (exact) mass is 302 g/mol. The zero-order valence-corrected chi connectivity index (χ0v) is 11.9. The summed E-state index contributed by atoms with van der Waals surface area (Å²) in [5.74, 6) is -0.314. The molecule has 0 aliphatic heterocycles. The van der Waals surface area contributed by atoms with Crippen LogP contribution in [0.4, 0.5) is 0 Å². The molecule has 0 bridgehead atoms. The molecule has 4 rings (SSSR count). The molecule has 0 aliphatic carbocycles. The lowest BCUT2D eigenvalue weighted by molar-refractivity contribution is 0.528. The molecular formula is C15H11ClN2O3. The maximum Gasteiger partial charge on any atom is 0.419 e. The Balaban J connectivity index is 0.000000126. The third-order valence-electron chi connectivity index (χ3n) is 2.97. The second-order valence-corrected chi connectivity index (χ2v) is 4.65. The summed E-state index contributed by atoms with van der Waals surface area (Å²) in [7, 11) is 1.69. The lowest BCUT2D eigenvalue weighted by Gasteiger charge is -1.87. The fraction of sp³-hybridized carbons (Fsp3) is 0.0667. The molecule has 0 spiro atoms. The van der Waals surface area contributed by atoms with Gasteiger partial charge in [-0.1, -0.05) is 24.3 Å². The van der Waals surface area contributed by atoms with Gasteiger partial charge in [0.1, 0.15) is 5.52 Å². The molecule has 6 heteroatoms. The number of hydrogen-bond donors (Lipinski definition) is 0. The van der Waals surface area contributed by atoms with Crippen LogP contribution in [0.2, 0.25) is 5.35 Å². The van der Waals surface area contributed by atoms with E-state index in [1.165, 1.54) is 4.57 Å². The van der Waals surface area contributed by atoms with E-state index in [9.17, 15) is 4.79 Å². The molecular weight excluding hydrogens is 292 g/mol. The van der Waals surface area contributed by atoms with Crippen LogP contribution in [0.25, 0.3) is 22.2 Å². The number of aromatic nitrogens is 2. The van der Waals surface area contributed by atoms with Crippen LogP contribution in [0.1, 0.15) is 0 Å². The van der Waals surface area contributed by atoms with Gasteiger partial charge < -0.3 is 8.83 Å². The fourth-order valence-electron chi connectivity index (χ4n) is 1.93. The summed E-state index contributed by atoms with van der Waals surface area (Å²) in [5, 5.41) is 0.196. The van der Waals surface area contributed by atoms with E-state index in [0.29, 0.717) is 5.58 Å². The van der Waals surface area contributed by atoms with Crippen molar-refractivity contribution >= 4 is 33.8 Å². The van der Waals surface area contributed by atoms with Crippen LogP contribution in [0.15, 0.2) is 62.2 Å². The van der Waals surface area contributed by atoms with E-state index in [-0.39, 0.29) is 11.1 Å². The predicted molar refractivity (Wildman–Crippen MR) is 80.5 cm³/mol. The number of rotatable bonds is 0. The van der Waals surface area contributed by atoms with Crippen LogP contribution in [0.3, 0.4) is 0 Å². The Hall–Kier alpha value is -2.53. The predicted octanol–water partition coefficient (Wildman–Crippen LogP) is 3.61. The number of nitrogens with zero attached hydrogens (tertiary/aromatic N) is 2. The number of fused-ring (bicyclic) bond motifs is 2. The van der Waals surface area contributed by atoms with E-state index >= 15 is 0 Å². The normalized spacial score (nSPS) is 10.6. The summed E-state index contributed by atoms with van der Waals surface area (Å²) < 4.78 is 11.4. The summed E-state index contributed by atoms with van der Waals surface area (Å²) in [6, 6.07) is 14.8. The lowest BCUT2D eigenvalue weighted by atomic mass is 10.3. The molecule has 21 heavy (non-hydrogen) atoms. The average Bonchev–Trinajstić information content (AvgIpc) is 3.00. The third kappa shape index (κ3) is 2.68. The standard InChI is InChI=1S/C8H7NO2.C7H4ClNO/c1-9-6-4-2-3-5-7(6)11-8(9)10;8-7-9-5-3-1-2-4-6(5)10-7/h2-5H,1H3;1-4H. The molecule has 0 radical (unpaired) electrons. The first-order valence-electron chi connectivity index (χ1n) is 6.21. The van der Waals surface area contributed by atoms with Gasteiger partial charge in [-0.3, -0.25) is 4.57 Å². The minimum absolute atomic E-state index is 0.196. The third-order valence-corrected chi connectivity index (χ3v) is 3.13. The highest BCUT2D eigenvalue weighted by atomic mass is 35.5. The maximum absolute atomic E-state index is 10.9. The van der Waals surface area contributed by atoms with Gasteiger partial charge in [0.05, 0.1) is 5.52 Å². The van der Waals surface area contributed by atoms with Crippen molar-refractivity contribution in [3.63, 3.8) is 0 Å². The minimum Gasteiger partial charge on any atom is -0.428 e. The van der Waals surface area contributed by atoms with Gasteiger partial charge in [0.15, 0.2) is 11.2 Å². The van der Waals surface area contributed by atoms with Crippen molar-refractivity contribution < 1.29 is 8.83 Å². The molecule has 2 aromatic carbocycles. The van der Waals surface area contributed by atoms with Crippen molar-refractivity contribution in [3.05, 3.63) is 64.4 Å². The van der Waals surface area contributed by atoms with Gasteiger partial charge in [-0.25, -0.2) is 4.79 Å². The number of halogens is 1. The van der Waals surface area contributed by atoms with Gasteiger partial charge in [-0.15, -0.1) is 0 Å². The zero-order chi connectivity index (χ0) is 14.8. The van der Waals surface area contributed by atoms with E-state index in [1.807, 2.05) is 42.5 Å². The van der Waals surface area contributed by atoms with Gasteiger partial charge in [-0.05, 0) is 35.9 Å². The van der Waals surface area contributed by atoms with Crippen molar-refractivity contribution in [2.24, 2.45) is 7.05 Å². The van der Waals surface area contributed by atoms with Gasteiger partial charge in [0.25, 0.3) is 5.35 Å². The molecule has 0 saturated heterocycles. The Kier molecular flexibility index (Phi) is 3.50. The summed E-state index contributed by atoms with van der Waals surface area (Å²) in [5.41, 5.74) is 3.00. The Labute approximate surface area is 124 Å². The van der Waals surface area contributed by atoms with Gasteiger partial charge >= 0.3 is 5.76 Å². The zero-order valence-electron chi connectivity index (χ0n) is 11.1. The van der Waals surface area contributed by atoms with Gasteiger partial charge in [0, 0.05) is 7.05 Å². The van der Waals surface area contributed by atoms with Crippen LogP contribution in [-0.4, -0.2) is 9.55 Å². The van der Waals surface area contributed by atoms with Crippen molar-refractivity contribution in [2.45, 2.75) is 0 Å². The molecule has 0 N–H and O–H groups in total. The number of para-hydroxylation sites is 4. The van der Waals surface area contributed by atoms with Crippen molar-refractivity contribution in [1.82, 2.24) is 9.55 Å². The maximum atomic E-state index is 10.9. The van der Waals surface area contributed by atoms with Gasteiger partial charge in [0.2, 0.25) is 0 Å². The summed E-state index contributed by atoms with van der Waals surface area (Å²) in [6.07, 6.45) is 0. The second-order valence-electron chi connectivity index (χ2n) is 4.33. The Morgan fingerprint density at radius 1 is 1.00 bits per heavy atom. The van der Waals surface area contributed by atoms with E-state index in [2.05, 4.69) is 4.98 Å². The van der Waals surface area contributed by atoms with E-state index in [0.717, 1.165) is 16.6 Å². The summed E-state index contributed by atoms with van der Waals surface area (Å²) >= 11 is 5.51. The smallest absolute Gasteiger partial charge is 0.419 e. The SMILES string of the molecule is Clc1nc2ccccc2o1.Cn1c(=O)oc2ccccc21. The summed E-state index contributed by atoms with van der Waals surface area (Å²) in [6.45, 7) is 0. The molecule has 0 atom stereocenters. The average molecular weight is 303 g/mol. The first kappa shape index (κ1) is 13.5. The molecule has 0 unspecified atom stereocenters. The Morgan fingerprint density at radius 2 is 1.67 bits per heavy atom. The lowest BCUT2D eigenvalue weighted by Crippen LogP contribution is -2.08. The van der Waals surface area contributed by atoms with E-state index < -0.39 is 0 Å². The fourth-order valence-corrected chi connectivity index (χ4v) is 2.10. The van der Waals surface area contributed by atoms with Crippen molar-refractivity contribution in [2.75, 3.05) is 0 Å². The van der Waals surface area contributed by atoms with Crippen molar-refractivity contribution in [3.8, 4) is 0 Å². The first-order valence-corrected chi connectivity index (χ1v) is 6.58. The van der Waals surface area contributed by atoms with Crippen LogP contribution in [0.5, 0.6) is 0 Å². The highest BCUT2D eigenvalue weighted by molar-refractivity contribution is 6.28. The molecule has 0 fully saturated rings. The van der Waals surface area contributed by atoms with Crippen LogP contribution < -0.4 is 5.76 Å². The Morgan fingerprint density at radius 3 is 2.38 bits per heavy atom. The van der Waals surface area contributed by atoms with Crippen LogP contribution >= 0.6 is 11.6 Å². The van der Waals surface area contributed by atoms with Gasteiger partial charge in [-0.2, -0.15) is 4.98 Å². The second kappa shape index (κ2) is 5.46. The van der Waals surface area contributed by atoms with E-state index in [1.54, 1.807) is 13.1 Å². The molecule has 0 aliphatic rings. The number of hydrogen-bond acceptors (Lipinski definition) is 4. The largest absolute Gasteiger partial charge is 0.428 e. The van der Waals surface area contributed by atoms with Crippen molar-refractivity contribution in [1.29, 1.82) is 0 Å². The van der Waals surface area contributed by atoms with Crippen LogP contribution in [0, 0.1) is 0 Å². The summed E-state index contributed by atoms with van der Waals surface area (Å²) in [4.78, 5) is 14.8. The molecule has 0 saturated carbocycles. The molecule has 5 nitrogen and oxygen atoms in total. The molecule has 4 aromatic rings. The molecule has 0 amide bonds. The highest BCUT2D eigenvalue weighted by Crippen LogP contribution is 2.17. The quantitative estimate of drug-likeness (QED) is 0.498. The first-order chi connectivity index (χ1) is 10.1. The molecule has 2 heterocycles. The number of benzene rings is 2. The highest BCUT2D eigenvalue weighted by Gasteiger charge is 2.02. The topological polar surface area (TPSA) is 61.2 Å². The van der Waals surface area contributed by atoms with Crippen LogP contribution in [-0.2, 0) is 7.05 Å². The molecule has 106 valence electrons. The number of aryl methyl sites for hydroxylation is 1. The minimum atomic E-state index is -0.314. The molecule has 2 aromatic heterocycles. The van der Waals surface area contributed by atoms with E-state index in [4.69, 9.17) is 20.4 Å².